The molecule has 1 aliphatic heterocycles. The minimum atomic E-state index is -3.63. The van der Waals surface area contributed by atoms with Crippen LogP contribution < -0.4 is 4.72 Å². The van der Waals surface area contributed by atoms with Gasteiger partial charge in [-0.25, -0.2) is 13.1 Å². The van der Waals surface area contributed by atoms with Crippen LogP contribution in [0.4, 0.5) is 0 Å². The lowest BCUT2D eigenvalue weighted by molar-refractivity contribution is -0.142. The van der Waals surface area contributed by atoms with Gasteiger partial charge in [0.2, 0.25) is 15.9 Å². The molecular weight excluding hydrogens is 398 g/mol. The van der Waals surface area contributed by atoms with Crippen LogP contribution >= 0.6 is 0 Å². The van der Waals surface area contributed by atoms with Crippen molar-refractivity contribution in [3.05, 3.63) is 65.2 Å². The largest absolute Gasteiger partial charge is 0.343 e. The van der Waals surface area contributed by atoms with E-state index in [2.05, 4.69) is 15.7 Å². The number of likely N-dealkylation sites (N-methyl/N-ethyl adjacent to an activating group) is 1. The van der Waals surface area contributed by atoms with E-state index in [1.165, 1.54) is 0 Å². The van der Waals surface area contributed by atoms with E-state index in [-0.39, 0.29) is 24.5 Å². The fraction of sp³-hybridized carbons (Fsp3) is 0.435. The summed E-state index contributed by atoms with van der Waals surface area (Å²) in [5.41, 5.74) is 3.07. The van der Waals surface area contributed by atoms with Crippen LogP contribution in [0.25, 0.3) is 0 Å². The van der Waals surface area contributed by atoms with E-state index in [0.717, 1.165) is 16.7 Å². The Balaban J connectivity index is 1.81. The van der Waals surface area contributed by atoms with Gasteiger partial charge in [0.05, 0.1) is 10.9 Å². The van der Waals surface area contributed by atoms with Crippen LogP contribution in [0.1, 0.15) is 30.5 Å². The number of aryl methyl sites for hydroxylation is 2. The molecule has 162 valence electrons. The number of sulfonamides is 1. The SMILES string of the molecule is CCc1ccccc1S(=O)(=O)NC[C@@H]1CN(C)C(=O)[C@H](C)N1Cc1cccc(C)c1. The van der Waals surface area contributed by atoms with E-state index in [1.54, 1.807) is 24.1 Å². The number of nitrogens with zero attached hydrogens (tertiary/aromatic N) is 2. The fourth-order valence-corrected chi connectivity index (χ4v) is 5.48. The van der Waals surface area contributed by atoms with Crippen LogP contribution in [0, 0.1) is 6.92 Å². The van der Waals surface area contributed by atoms with E-state index in [0.29, 0.717) is 24.4 Å². The Hall–Kier alpha value is -2.22. The summed E-state index contributed by atoms with van der Waals surface area (Å²) in [6.45, 7) is 7.20. The number of benzene rings is 2. The van der Waals surface area contributed by atoms with Crippen molar-refractivity contribution in [2.75, 3.05) is 20.1 Å². The molecule has 1 heterocycles. The molecule has 0 aromatic heterocycles. The second-order valence-electron chi connectivity index (χ2n) is 8.02. The summed E-state index contributed by atoms with van der Waals surface area (Å²) >= 11 is 0. The number of carbonyl (C=O) groups is 1. The zero-order valence-corrected chi connectivity index (χ0v) is 18.9. The second kappa shape index (κ2) is 9.29. The van der Waals surface area contributed by atoms with Gasteiger partial charge in [0.1, 0.15) is 0 Å². The molecule has 1 N–H and O–H groups in total. The zero-order chi connectivity index (χ0) is 21.9. The summed E-state index contributed by atoms with van der Waals surface area (Å²) in [6, 6.07) is 14.8. The first kappa shape index (κ1) is 22.5. The Bertz CT molecular complexity index is 1010. The summed E-state index contributed by atoms with van der Waals surface area (Å²) in [5, 5.41) is 0. The number of piperazine rings is 1. The first-order chi connectivity index (χ1) is 14.2. The fourth-order valence-electron chi connectivity index (χ4n) is 4.10. The summed E-state index contributed by atoms with van der Waals surface area (Å²) in [7, 11) is -1.86. The van der Waals surface area contributed by atoms with Crippen LogP contribution in [0.2, 0.25) is 0 Å². The quantitative estimate of drug-likeness (QED) is 0.734. The van der Waals surface area contributed by atoms with Gasteiger partial charge >= 0.3 is 0 Å². The summed E-state index contributed by atoms with van der Waals surface area (Å²) in [5.74, 6) is 0.0538. The van der Waals surface area contributed by atoms with E-state index >= 15 is 0 Å². The average molecular weight is 430 g/mol. The average Bonchev–Trinajstić information content (AvgIpc) is 2.73. The number of carbonyl (C=O) groups excluding carboxylic acids is 1. The summed E-state index contributed by atoms with van der Waals surface area (Å²) < 4.78 is 28.8. The van der Waals surface area contributed by atoms with Crippen molar-refractivity contribution in [1.82, 2.24) is 14.5 Å². The molecule has 0 aliphatic carbocycles. The predicted octanol–water partition coefficient (Wildman–Crippen LogP) is 2.57. The molecule has 7 heteroatoms. The Morgan fingerprint density at radius 3 is 2.57 bits per heavy atom. The molecule has 1 amide bonds. The third-order valence-electron chi connectivity index (χ3n) is 5.78. The number of hydrogen-bond acceptors (Lipinski definition) is 4. The van der Waals surface area contributed by atoms with E-state index in [1.807, 2.05) is 51.1 Å². The highest BCUT2D eigenvalue weighted by molar-refractivity contribution is 7.89. The number of amides is 1. The summed E-state index contributed by atoms with van der Waals surface area (Å²) in [4.78, 5) is 16.7. The molecule has 1 aliphatic rings. The highest BCUT2D eigenvalue weighted by Crippen LogP contribution is 2.21. The minimum Gasteiger partial charge on any atom is -0.343 e. The van der Waals surface area contributed by atoms with Crippen molar-refractivity contribution in [3.63, 3.8) is 0 Å². The molecule has 0 bridgehead atoms. The minimum absolute atomic E-state index is 0.0538. The maximum Gasteiger partial charge on any atom is 0.240 e. The first-order valence-corrected chi connectivity index (χ1v) is 11.8. The Kier molecular flexibility index (Phi) is 6.95. The standard InChI is InChI=1S/C23H31N3O3S/c1-5-20-11-6-7-12-22(20)30(28,29)24-14-21-16-25(4)23(27)18(3)26(21)15-19-10-8-9-17(2)13-19/h6-13,18,21,24H,5,14-16H2,1-4H3/t18-,21+/m0/s1. The molecule has 0 spiro atoms. The lowest BCUT2D eigenvalue weighted by Gasteiger charge is -2.44. The number of nitrogens with one attached hydrogen (secondary N) is 1. The molecule has 0 unspecified atom stereocenters. The molecule has 3 rings (SSSR count). The molecule has 1 fully saturated rings. The van der Waals surface area contributed by atoms with Gasteiger partial charge < -0.3 is 4.90 Å². The van der Waals surface area contributed by atoms with Crippen LogP contribution in [-0.2, 0) is 27.8 Å². The van der Waals surface area contributed by atoms with Crippen molar-refractivity contribution < 1.29 is 13.2 Å². The predicted molar refractivity (Wildman–Crippen MR) is 119 cm³/mol. The van der Waals surface area contributed by atoms with Crippen LogP contribution in [0.15, 0.2) is 53.4 Å². The van der Waals surface area contributed by atoms with Gasteiger partial charge in [0.15, 0.2) is 0 Å². The summed E-state index contributed by atoms with van der Waals surface area (Å²) in [6.07, 6.45) is 0.647. The molecule has 0 saturated carbocycles. The highest BCUT2D eigenvalue weighted by Gasteiger charge is 2.37. The van der Waals surface area contributed by atoms with Crippen LogP contribution in [0.5, 0.6) is 0 Å². The second-order valence-corrected chi connectivity index (χ2v) is 9.76. The maximum absolute atomic E-state index is 13.0. The molecule has 0 radical (unpaired) electrons. The number of hydrogen-bond donors (Lipinski definition) is 1. The first-order valence-electron chi connectivity index (χ1n) is 10.4. The van der Waals surface area contributed by atoms with Crippen molar-refractivity contribution in [1.29, 1.82) is 0 Å². The van der Waals surface area contributed by atoms with E-state index in [9.17, 15) is 13.2 Å². The maximum atomic E-state index is 13.0. The Labute approximate surface area is 179 Å². The third-order valence-corrected chi connectivity index (χ3v) is 7.31. The van der Waals surface area contributed by atoms with Gasteiger partial charge in [0, 0.05) is 32.7 Å². The third kappa shape index (κ3) is 4.91. The van der Waals surface area contributed by atoms with Gasteiger partial charge in [-0.3, -0.25) is 9.69 Å². The Morgan fingerprint density at radius 1 is 1.13 bits per heavy atom. The van der Waals surface area contributed by atoms with E-state index in [4.69, 9.17) is 0 Å². The molecule has 2 aromatic rings. The van der Waals surface area contributed by atoms with Gasteiger partial charge in [-0.1, -0.05) is 55.0 Å². The highest BCUT2D eigenvalue weighted by atomic mass is 32.2. The van der Waals surface area contributed by atoms with Crippen LogP contribution in [0.3, 0.4) is 0 Å². The van der Waals surface area contributed by atoms with Crippen molar-refractivity contribution >= 4 is 15.9 Å². The van der Waals surface area contributed by atoms with Crippen LogP contribution in [-0.4, -0.2) is 56.3 Å². The molecular formula is C23H31N3O3S. The van der Waals surface area contributed by atoms with E-state index < -0.39 is 10.0 Å². The number of rotatable bonds is 7. The Morgan fingerprint density at radius 2 is 1.87 bits per heavy atom. The molecule has 2 aromatic carbocycles. The van der Waals surface area contributed by atoms with Gasteiger partial charge in [-0.2, -0.15) is 0 Å². The molecule has 6 nitrogen and oxygen atoms in total. The van der Waals surface area contributed by atoms with Crippen molar-refractivity contribution in [2.24, 2.45) is 0 Å². The molecule has 1 saturated heterocycles. The smallest absolute Gasteiger partial charge is 0.240 e. The normalized spacial score (nSPS) is 20.5. The van der Waals surface area contributed by atoms with Crippen molar-refractivity contribution in [3.8, 4) is 0 Å². The topological polar surface area (TPSA) is 69.7 Å². The lowest BCUT2D eigenvalue weighted by atomic mass is 10.0. The van der Waals surface area contributed by atoms with Gasteiger partial charge in [-0.15, -0.1) is 0 Å². The zero-order valence-electron chi connectivity index (χ0n) is 18.1. The van der Waals surface area contributed by atoms with Gasteiger partial charge in [0.25, 0.3) is 0 Å². The monoisotopic (exact) mass is 429 g/mol. The van der Waals surface area contributed by atoms with Gasteiger partial charge in [-0.05, 0) is 37.5 Å². The lowest BCUT2D eigenvalue weighted by Crippen LogP contribution is -2.62. The molecule has 30 heavy (non-hydrogen) atoms. The molecule has 2 atom stereocenters. The van der Waals surface area contributed by atoms with Crippen molar-refractivity contribution in [2.45, 2.75) is 50.7 Å².